The minimum absolute atomic E-state index is 0.228. The number of aromatic amines is 1. The second-order valence-corrected chi connectivity index (χ2v) is 6.77. The van der Waals surface area contributed by atoms with Crippen LogP contribution in [0.1, 0.15) is 22.7 Å². The molecule has 0 fully saturated rings. The number of halogens is 1. The fraction of sp³-hybridized carbons (Fsp3) is 0.211. The molecule has 9 nitrogen and oxygen atoms in total. The van der Waals surface area contributed by atoms with Crippen molar-refractivity contribution < 1.29 is 14.1 Å². The van der Waals surface area contributed by atoms with Crippen LogP contribution in [0.5, 0.6) is 0 Å². The topological polar surface area (TPSA) is 116 Å². The number of carbonyl (C=O) groups excluding carboxylic acids is 1. The lowest BCUT2D eigenvalue weighted by molar-refractivity contribution is 0.0600. The van der Waals surface area contributed by atoms with E-state index in [1.807, 2.05) is 12.1 Å². The number of carbonyl (C=O) groups is 1. The monoisotopic (exact) mass is 413 g/mol. The molecule has 0 aliphatic carbocycles. The van der Waals surface area contributed by atoms with Gasteiger partial charge in [-0.3, -0.25) is 4.79 Å². The van der Waals surface area contributed by atoms with Gasteiger partial charge >= 0.3 is 5.97 Å². The molecule has 3 heterocycles. The smallest absolute Gasteiger partial charge is 0.341 e. The maximum atomic E-state index is 12.0. The molecule has 2 aliphatic heterocycles. The number of nitrogens with one attached hydrogen (secondary N) is 1. The Balaban J connectivity index is 1.47. The lowest BCUT2D eigenvalue weighted by Gasteiger charge is -2.11. The Morgan fingerprint density at radius 1 is 1.28 bits per heavy atom. The molecule has 0 bridgehead atoms. The Bertz CT molecular complexity index is 1180. The van der Waals surface area contributed by atoms with Crippen molar-refractivity contribution in [2.75, 3.05) is 7.11 Å². The summed E-state index contributed by atoms with van der Waals surface area (Å²) in [6.45, 7) is 0.531. The van der Waals surface area contributed by atoms with Crippen molar-refractivity contribution in [3.05, 3.63) is 63.5 Å². The van der Waals surface area contributed by atoms with Crippen molar-refractivity contribution in [3.8, 4) is 22.6 Å². The lowest BCUT2D eigenvalue weighted by Crippen LogP contribution is -2.12. The third-order valence-electron chi connectivity index (χ3n) is 4.40. The van der Waals surface area contributed by atoms with E-state index >= 15 is 0 Å². The van der Waals surface area contributed by atoms with E-state index in [0.717, 1.165) is 5.56 Å². The minimum atomic E-state index is -0.555. The molecule has 2 aromatic rings. The van der Waals surface area contributed by atoms with Gasteiger partial charge in [0.2, 0.25) is 11.7 Å². The molecule has 0 saturated heterocycles. The summed E-state index contributed by atoms with van der Waals surface area (Å²) in [5, 5.41) is 10.9. The van der Waals surface area contributed by atoms with Crippen molar-refractivity contribution in [2.45, 2.75) is 19.4 Å². The standard InChI is InChI=1S/C19H16ClN5O4/c1-28-19(27)14-10-25(9-13-16(14)22-23-18(13)26)8-2-3-15-21-17(24-29-15)11-4-6-12(20)7-5-11/h4-7,9-10H,2-3,8H2,1H3,(H,23,26). The van der Waals surface area contributed by atoms with Crippen LogP contribution in [-0.4, -0.2) is 38.0 Å². The molecule has 4 rings (SSSR count). The molecule has 1 aromatic carbocycles. The summed E-state index contributed by atoms with van der Waals surface area (Å²) in [6.07, 6.45) is 4.46. The predicted molar refractivity (Wildman–Crippen MR) is 104 cm³/mol. The highest BCUT2D eigenvalue weighted by atomic mass is 35.5. The maximum absolute atomic E-state index is 12.0. The number of aryl methyl sites for hydroxylation is 2. The van der Waals surface area contributed by atoms with E-state index in [0.29, 0.717) is 47.4 Å². The van der Waals surface area contributed by atoms with Gasteiger partial charge in [0.05, 0.1) is 12.7 Å². The molecule has 0 spiro atoms. The van der Waals surface area contributed by atoms with Gasteiger partial charge in [-0.05, 0) is 30.7 Å². The Morgan fingerprint density at radius 2 is 2.07 bits per heavy atom. The fourth-order valence-corrected chi connectivity index (χ4v) is 3.09. The van der Waals surface area contributed by atoms with Crippen LogP contribution >= 0.6 is 11.6 Å². The van der Waals surface area contributed by atoms with Gasteiger partial charge in [0.1, 0.15) is 11.3 Å². The number of aromatic nitrogens is 5. The number of fused-ring (bicyclic) bond motifs is 1. The van der Waals surface area contributed by atoms with Gasteiger partial charge in [-0.1, -0.05) is 16.8 Å². The molecule has 1 N–H and O–H groups in total. The van der Waals surface area contributed by atoms with Crippen molar-refractivity contribution in [1.29, 1.82) is 0 Å². The van der Waals surface area contributed by atoms with E-state index in [2.05, 4.69) is 20.3 Å². The van der Waals surface area contributed by atoms with Crippen LogP contribution in [0.2, 0.25) is 5.02 Å². The Kier molecular flexibility index (Phi) is 5.13. The molecule has 0 amide bonds. The number of hydrogen-bond donors (Lipinski definition) is 1. The highest BCUT2D eigenvalue weighted by Crippen LogP contribution is 2.21. The number of hydrogen-bond acceptors (Lipinski definition) is 7. The van der Waals surface area contributed by atoms with Crippen LogP contribution in [0.3, 0.4) is 0 Å². The molecule has 29 heavy (non-hydrogen) atoms. The first kappa shape index (κ1) is 18.9. The number of rotatable bonds is 6. The number of benzene rings is 1. The molecule has 10 heteroatoms. The fourth-order valence-electron chi connectivity index (χ4n) is 2.96. The molecule has 0 radical (unpaired) electrons. The van der Waals surface area contributed by atoms with Crippen LogP contribution in [-0.2, 0) is 17.7 Å². The summed E-state index contributed by atoms with van der Waals surface area (Å²) in [5.41, 5.74) is 1.31. The largest absolute Gasteiger partial charge is 0.465 e. The number of nitrogens with zero attached hydrogens (tertiary/aromatic N) is 4. The van der Waals surface area contributed by atoms with Gasteiger partial charge in [-0.15, -0.1) is 0 Å². The zero-order valence-electron chi connectivity index (χ0n) is 15.4. The average Bonchev–Trinajstić information content (AvgIpc) is 3.35. The quantitative estimate of drug-likeness (QED) is 0.483. The zero-order chi connectivity index (χ0) is 20.4. The third kappa shape index (κ3) is 3.90. The van der Waals surface area contributed by atoms with E-state index in [1.165, 1.54) is 7.11 Å². The first-order valence-corrected chi connectivity index (χ1v) is 9.18. The first-order valence-electron chi connectivity index (χ1n) is 8.80. The van der Waals surface area contributed by atoms with Gasteiger partial charge in [0.15, 0.2) is 0 Å². The summed E-state index contributed by atoms with van der Waals surface area (Å²) in [5.74, 6) is 0.436. The van der Waals surface area contributed by atoms with Crippen molar-refractivity contribution in [1.82, 2.24) is 24.9 Å². The molecule has 1 aromatic heterocycles. The van der Waals surface area contributed by atoms with E-state index < -0.39 is 5.97 Å². The SMILES string of the molecule is COC(=O)c1cn(CCCc2nc(-c3ccc(Cl)cc3)no2)cc2c(=O)[nH]nc1-2. The van der Waals surface area contributed by atoms with Crippen LogP contribution < -0.4 is 5.56 Å². The van der Waals surface area contributed by atoms with Gasteiger partial charge < -0.3 is 13.8 Å². The maximum Gasteiger partial charge on any atom is 0.341 e. The number of ether oxygens (including phenoxy) is 1. The number of methoxy groups -OCH3 is 1. The molecular weight excluding hydrogens is 398 g/mol. The molecule has 2 aliphatic rings. The third-order valence-corrected chi connectivity index (χ3v) is 4.65. The highest BCUT2D eigenvalue weighted by molar-refractivity contribution is 6.30. The van der Waals surface area contributed by atoms with Crippen molar-refractivity contribution in [2.24, 2.45) is 0 Å². The number of H-pyrrole nitrogens is 1. The van der Waals surface area contributed by atoms with Gasteiger partial charge in [-0.25, -0.2) is 9.89 Å². The Labute approximate surface area is 169 Å². The summed E-state index contributed by atoms with van der Waals surface area (Å²) < 4.78 is 11.8. The summed E-state index contributed by atoms with van der Waals surface area (Å²) in [6, 6.07) is 7.17. The van der Waals surface area contributed by atoms with E-state index in [4.69, 9.17) is 20.9 Å². The van der Waals surface area contributed by atoms with Crippen LogP contribution in [0, 0.1) is 0 Å². The van der Waals surface area contributed by atoms with E-state index in [1.54, 1.807) is 29.1 Å². The van der Waals surface area contributed by atoms with Gasteiger partial charge in [0, 0.05) is 35.9 Å². The minimum Gasteiger partial charge on any atom is -0.465 e. The van der Waals surface area contributed by atoms with Crippen LogP contribution in [0.15, 0.2) is 46.0 Å². The zero-order valence-corrected chi connectivity index (χ0v) is 16.1. The molecule has 148 valence electrons. The molecule has 0 atom stereocenters. The second kappa shape index (κ2) is 7.88. The molecular formula is C19H16ClN5O4. The second-order valence-electron chi connectivity index (χ2n) is 6.34. The van der Waals surface area contributed by atoms with Crippen molar-refractivity contribution in [3.63, 3.8) is 0 Å². The first-order chi connectivity index (χ1) is 14.0. The number of pyridine rings is 1. The predicted octanol–water partition coefficient (Wildman–Crippen LogP) is 2.80. The van der Waals surface area contributed by atoms with E-state index in [9.17, 15) is 9.59 Å². The van der Waals surface area contributed by atoms with Crippen LogP contribution in [0.25, 0.3) is 22.6 Å². The summed E-state index contributed by atoms with van der Waals surface area (Å²) in [7, 11) is 1.28. The number of esters is 1. The Hall–Kier alpha value is -3.46. The summed E-state index contributed by atoms with van der Waals surface area (Å²) in [4.78, 5) is 28.3. The Morgan fingerprint density at radius 3 is 2.83 bits per heavy atom. The summed E-state index contributed by atoms with van der Waals surface area (Å²) >= 11 is 5.89. The highest BCUT2D eigenvalue weighted by Gasteiger charge is 2.21. The van der Waals surface area contributed by atoms with Gasteiger partial charge in [-0.2, -0.15) is 10.1 Å². The van der Waals surface area contributed by atoms with Crippen LogP contribution in [0.4, 0.5) is 0 Å². The molecule has 0 saturated carbocycles. The van der Waals surface area contributed by atoms with E-state index in [-0.39, 0.29) is 11.1 Å². The van der Waals surface area contributed by atoms with Crippen molar-refractivity contribution >= 4 is 17.6 Å². The average molecular weight is 414 g/mol. The molecule has 0 unspecified atom stereocenters. The van der Waals surface area contributed by atoms with Gasteiger partial charge in [0.25, 0.3) is 5.56 Å². The lowest BCUT2D eigenvalue weighted by atomic mass is 10.1. The normalized spacial score (nSPS) is 11.1.